The number of esters is 1. The van der Waals surface area contributed by atoms with Gasteiger partial charge in [-0.3, -0.25) is 9.69 Å². The van der Waals surface area contributed by atoms with Crippen molar-refractivity contribution in [1.29, 1.82) is 0 Å². The first kappa shape index (κ1) is 24.7. The van der Waals surface area contributed by atoms with Crippen LogP contribution < -0.4 is 4.74 Å². The molecule has 1 heterocycles. The third kappa shape index (κ3) is 7.89. The molecule has 0 aromatic heterocycles. The van der Waals surface area contributed by atoms with Gasteiger partial charge in [0.25, 0.3) is 0 Å². The number of methoxy groups -OCH3 is 1. The highest BCUT2D eigenvalue weighted by atomic mass is 19.4. The summed E-state index contributed by atoms with van der Waals surface area (Å²) in [6, 6.07) is 2.74. The molecule has 0 bridgehead atoms. The molecule has 1 aromatic carbocycles. The highest BCUT2D eigenvalue weighted by Crippen LogP contribution is 2.27. The lowest BCUT2D eigenvalue weighted by molar-refractivity contribution is -0.275. The van der Waals surface area contributed by atoms with Crippen LogP contribution in [0.1, 0.15) is 32.8 Å². The Hall–Kier alpha value is -2.56. The molecular weight excluding hydrogens is 424 g/mol. The van der Waals surface area contributed by atoms with Crippen molar-refractivity contribution in [1.82, 2.24) is 9.80 Å². The smallest absolute Gasteiger partial charge is 0.469 e. The lowest BCUT2D eigenvalue weighted by Gasteiger charge is -2.41. The minimum atomic E-state index is -4.99. The van der Waals surface area contributed by atoms with Gasteiger partial charge in [0.2, 0.25) is 0 Å². The standard InChI is InChI=1S/C20H26F4N2O5/c1-19(2,3)31-18(28)26-8-7-25(14(12-26)10-17(27)29-4)11-13-5-6-16(15(21)9-13)30-20(22,23)24/h5-6,9,14H,7-8,10-12H2,1-4H3/t14-/m0/s1. The third-order valence-corrected chi connectivity index (χ3v) is 4.49. The first-order chi connectivity index (χ1) is 14.3. The number of halogens is 4. The first-order valence-electron chi connectivity index (χ1n) is 9.60. The average molecular weight is 450 g/mol. The van der Waals surface area contributed by atoms with E-state index in [2.05, 4.69) is 4.74 Å². The molecule has 0 radical (unpaired) electrons. The van der Waals surface area contributed by atoms with Crippen LogP contribution in [0.25, 0.3) is 0 Å². The summed E-state index contributed by atoms with van der Waals surface area (Å²) in [5.41, 5.74) is -0.281. The van der Waals surface area contributed by atoms with E-state index in [-0.39, 0.29) is 19.5 Å². The number of rotatable bonds is 5. The fourth-order valence-electron chi connectivity index (χ4n) is 3.15. The Bertz CT molecular complexity index is 795. The Kier molecular flexibility index (Phi) is 7.74. The highest BCUT2D eigenvalue weighted by molar-refractivity contribution is 5.71. The van der Waals surface area contributed by atoms with Gasteiger partial charge in [-0.25, -0.2) is 9.18 Å². The SMILES string of the molecule is COC(=O)C[C@H]1CN(C(=O)OC(C)(C)C)CCN1Cc1ccc(OC(F)(F)F)c(F)c1. The van der Waals surface area contributed by atoms with Gasteiger partial charge >= 0.3 is 18.4 Å². The molecule has 0 saturated carbocycles. The topological polar surface area (TPSA) is 68.3 Å². The van der Waals surface area contributed by atoms with Crippen molar-refractivity contribution in [2.75, 3.05) is 26.7 Å². The summed E-state index contributed by atoms with van der Waals surface area (Å²) in [7, 11) is 1.25. The second kappa shape index (κ2) is 9.71. The second-order valence-corrected chi connectivity index (χ2v) is 8.14. The Morgan fingerprint density at radius 3 is 2.39 bits per heavy atom. The van der Waals surface area contributed by atoms with Crippen molar-refractivity contribution >= 4 is 12.1 Å². The summed E-state index contributed by atoms with van der Waals surface area (Å²) in [5.74, 6) is -2.55. The monoisotopic (exact) mass is 450 g/mol. The maximum Gasteiger partial charge on any atom is 0.573 e. The van der Waals surface area contributed by atoms with Gasteiger partial charge in [-0.2, -0.15) is 0 Å². The summed E-state index contributed by atoms with van der Waals surface area (Å²) in [5, 5.41) is 0. The molecule has 1 amide bonds. The zero-order chi connectivity index (χ0) is 23.4. The van der Waals surface area contributed by atoms with Crippen molar-refractivity contribution < 1.29 is 41.4 Å². The molecule has 1 fully saturated rings. The molecule has 7 nitrogen and oxygen atoms in total. The molecule has 174 valence electrons. The molecule has 11 heteroatoms. The molecule has 0 spiro atoms. The maximum atomic E-state index is 14.0. The molecule has 0 N–H and O–H groups in total. The van der Waals surface area contributed by atoms with Crippen molar-refractivity contribution in [3.8, 4) is 5.75 Å². The number of ether oxygens (including phenoxy) is 3. The Morgan fingerprint density at radius 2 is 1.84 bits per heavy atom. The highest BCUT2D eigenvalue weighted by Gasteiger charge is 2.34. The number of hydrogen-bond acceptors (Lipinski definition) is 6. The molecule has 1 aliphatic rings. The molecule has 2 rings (SSSR count). The van der Waals surface area contributed by atoms with Gasteiger partial charge < -0.3 is 19.1 Å². The molecular formula is C20H26F4N2O5. The second-order valence-electron chi connectivity index (χ2n) is 8.14. The Morgan fingerprint density at radius 1 is 1.16 bits per heavy atom. The number of benzene rings is 1. The Balaban J connectivity index is 2.12. The van der Waals surface area contributed by atoms with E-state index in [1.54, 1.807) is 20.8 Å². The van der Waals surface area contributed by atoms with Gasteiger partial charge in [0.1, 0.15) is 5.60 Å². The number of piperazine rings is 1. The number of amides is 1. The van der Waals surface area contributed by atoms with Crippen LogP contribution in [0, 0.1) is 5.82 Å². The zero-order valence-electron chi connectivity index (χ0n) is 17.8. The van der Waals surface area contributed by atoms with Crippen LogP contribution in [0.5, 0.6) is 5.75 Å². The maximum absolute atomic E-state index is 14.0. The van der Waals surface area contributed by atoms with Crippen LogP contribution >= 0.6 is 0 Å². The molecule has 1 atom stereocenters. The van der Waals surface area contributed by atoms with Crippen molar-refractivity contribution in [3.05, 3.63) is 29.6 Å². The minimum Gasteiger partial charge on any atom is -0.469 e. The number of hydrogen-bond donors (Lipinski definition) is 0. The lowest BCUT2D eigenvalue weighted by atomic mass is 10.1. The molecule has 31 heavy (non-hydrogen) atoms. The number of nitrogens with zero attached hydrogens (tertiary/aromatic N) is 2. The van der Waals surface area contributed by atoms with Crippen LogP contribution in [0.15, 0.2) is 18.2 Å². The van der Waals surface area contributed by atoms with E-state index in [1.807, 2.05) is 4.90 Å². The largest absolute Gasteiger partial charge is 0.573 e. The van der Waals surface area contributed by atoms with E-state index < -0.39 is 41.6 Å². The summed E-state index contributed by atoms with van der Waals surface area (Å²) in [4.78, 5) is 27.6. The van der Waals surface area contributed by atoms with Crippen LogP contribution in [0.4, 0.5) is 22.4 Å². The fraction of sp³-hybridized carbons (Fsp3) is 0.600. The van der Waals surface area contributed by atoms with Crippen molar-refractivity contribution in [3.63, 3.8) is 0 Å². The quantitative estimate of drug-likeness (QED) is 0.503. The van der Waals surface area contributed by atoms with Gasteiger partial charge in [-0.05, 0) is 38.5 Å². The first-order valence-corrected chi connectivity index (χ1v) is 9.60. The molecule has 0 aliphatic carbocycles. The fourth-order valence-corrected chi connectivity index (χ4v) is 3.15. The molecule has 1 aromatic rings. The summed E-state index contributed by atoms with van der Waals surface area (Å²) >= 11 is 0. The average Bonchev–Trinajstić information content (AvgIpc) is 2.62. The van der Waals surface area contributed by atoms with E-state index in [0.29, 0.717) is 18.7 Å². The van der Waals surface area contributed by atoms with Gasteiger partial charge in [0.05, 0.1) is 13.5 Å². The van der Waals surface area contributed by atoms with Gasteiger partial charge in [0.15, 0.2) is 11.6 Å². The predicted molar refractivity (Wildman–Crippen MR) is 102 cm³/mol. The van der Waals surface area contributed by atoms with Gasteiger partial charge in [-0.1, -0.05) is 6.07 Å². The third-order valence-electron chi connectivity index (χ3n) is 4.49. The van der Waals surface area contributed by atoms with Crippen molar-refractivity contribution in [2.24, 2.45) is 0 Å². The lowest BCUT2D eigenvalue weighted by Crippen LogP contribution is -2.55. The molecule has 1 aliphatic heterocycles. The number of carbonyl (C=O) groups excluding carboxylic acids is 2. The molecule has 0 unspecified atom stereocenters. The van der Waals surface area contributed by atoms with E-state index in [1.165, 1.54) is 18.1 Å². The van der Waals surface area contributed by atoms with Gasteiger partial charge in [0, 0.05) is 32.2 Å². The molecule has 1 saturated heterocycles. The zero-order valence-corrected chi connectivity index (χ0v) is 17.8. The summed E-state index contributed by atoms with van der Waals surface area (Å²) in [6.45, 7) is 6.23. The van der Waals surface area contributed by atoms with E-state index in [0.717, 1.165) is 12.1 Å². The summed E-state index contributed by atoms with van der Waals surface area (Å²) < 4.78 is 64.7. The van der Waals surface area contributed by atoms with E-state index in [9.17, 15) is 27.2 Å². The predicted octanol–water partition coefficient (Wildman–Crippen LogP) is 3.71. The van der Waals surface area contributed by atoms with Crippen LogP contribution in [-0.2, 0) is 20.8 Å². The van der Waals surface area contributed by atoms with Gasteiger partial charge in [-0.15, -0.1) is 13.2 Å². The number of carbonyl (C=O) groups is 2. The van der Waals surface area contributed by atoms with E-state index in [4.69, 9.17) is 9.47 Å². The minimum absolute atomic E-state index is 0.0203. The van der Waals surface area contributed by atoms with Crippen molar-refractivity contribution in [2.45, 2.75) is 51.7 Å². The van der Waals surface area contributed by atoms with Crippen LogP contribution in [-0.4, -0.2) is 66.6 Å². The summed E-state index contributed by atoms with van der Waals surface area (Å²) in [6.07, 6.45) is -5.53. The Labute approximate surface area is 177 Å². The van der Waals surface area contributed by atoms with Crippen LogP contribution in [0.3, 0.4) is 0 Å². The van der Waals surface area contributed by atoms with E-state index >= 15 is 0 Å². The van der Waals surface area contributed by atoms with Crippen LogP contribution in [0.2, 0.25) is 0 Å². The number of alkyl halides is 3. The normalized spacial score (nSPS) is 17.9.